The highest BCUT2D eigenvalue weighted by atomic mass is 79.9. The number of H-pyrrole nitrogens is 1. The number of hydrogen-bond donors (Lipinski definition) is 2. The first-order valence-electron chi connectivity index (χ1n) is 5.09. The number of aromatic nitrogens is 1. The van der Waals surface area contributed by atoms with E-state index < -0.39 is 0 Å². The smallest absolute Gasteiger partial charge is 0.0603 e. The van der Waals surface area contributed by atoms with Crippen LogP contribution in [0.15, 0.2) is 22.7 Å². The summed E-state index contributed by atoms with van der Waals surface area (Å²) in [6, 6.07) is 6.66. The molecule has 0 amide bonds. The van der Waals surface area contributed by atoms with E-state index in [9.17, 15) is 0 Å². The maximum atomic E-state index is 3.56. The summed E-state index contributed by atoms with van der Waals surface area (Å²) in [5.74, 6) is 0. The van der Waals surface area contributed by atoms with Crippen LogP contribution in [0.2, 0.25) is 0 Å². The molecule has 2 rings (SSSR count). The molecule has 15 heavy (non-hydrogen) atoms. The third kappa shape index (κ3) is 1.70. The van der Waals surface area contributed by atoms with Gasteiger partial charge in [-0.15, -0.1) is 0 Å². The first-order chi connectivity index (χ1) is 7.15. The summed E-state index contributed by atoms with van der Waals surface area (Å²) >= 11 is 3.56. The van der Waals surface area contributed by atoms with Crippen molar-refractivity contribution in [2.24, 2.45) is 0 Å². The zero-order valence-electron chi connectivity index (χ0n) is 9.19. The highest BCUT2D eigenvalue weighted by Crippen LogP contribution is 2.31. The van der Waals surface area contributed by atoms with Crippen LogP contribution < -0.4 is 5.32 Å². The largest absolute Gasteiger partial charge is 0.357 e. The molecule has 0 radical (unpaired) electrons. The predicted octanol–water partition coefficient (Wildman–Crippen LogP) is 3.52. The Morgan fingerprint density at radius 3 is 2.80 bits per heavy atom. The number of nitrogens with one attached hydrogen (secondary N) is 2. The molecule has 2 aromatic rings. The van der Waals surface area contributed by atoms with Gasteiger partial charge in [0.05, 0.1) is 5.52 Å². The molecule has 1 atom stereocenters. The molecule has 2 nitrogen and oxygen atoms in total. The van der Waals surface area contributed by atoms with Gasteiger partial charge in [-0.2, -0.15) is 0 Å². The lowest BCUT2D eigenvalue weighted by molar-refractivity contribution is 0.653. The molecule has 0 saturated heterocycles. The summed E-state index contributed by atoms with van der Waals surface area (Å²) in [7, 11) is 1.99. The Morgan fingerprint density at radius 1 is 1.40 bits per heavy atom. The Morgan fingerprint density at radius 2 is 2.13 bits per heavy atom. The lowest BCUT2D eigenvalue weighted by Crippen LogP contribution is -2.12. The molecule has 1 aromatic carbocycles. The van der Waals surface area contributed by atoms with Crippen molar-refractivity contribution in [3.8, 4) is 0 Å². The van der Waals surface area contributed by atoms with Gasteiger partial charge in [0.15, 0.2) is 0 Å². The van der Waals surface area contributed by atoms with Gasteiger partial charge in [0.25, 0.3) is 0 Å². The van der Waals surface area contributed by atoms with Crippen molar-refractivity contribution in [2.75, 3.05) is 7.05 Å². The Bertz CT molecular complexity index is 488. The van der Waals surface area contributed by atoms with Crippen LogP contribution in [0.3, 0.4) is 0 Å². The van der Waals surface area contributed by atoms with Crippen LogP contribution in [-0.4, -0.2) is 12.0 Å². The zero-order chi connectivity index (χ0) is 11.0. The minimum Gasteiger partial charge on any atom is -0.357 e. The summed E-state index contributed by atoms with van der Waals surface area (Å²) in [6.07, 6.45) is 0. The van der Waals surface area contributed by atoms with Crippen LogP contribution in [0.4, 0.5) is 0 Å². The molecule has 1 heterocycles. The second kappa shape index (κ2) is 3.99. The summed E-state index contributed by atoms with van der Waals surface area (Å²) in [4.78, 5) is 3.42. The van der Waals surface area contributed by atoms with Crippen molar-refractivity contribution in [1.82, 2.24) is 10.3 Å². The molecule has 0 bridgehead atoms. The van der Waals surface area contributed by atoms with Gasteiger partial charge >= 0.3 is 0 Å². The molecule has 1 unspecified atom stereocenters. The second-order valence-corrected chi connectivity index (χ2v) is 4.69. The molecule has 80 valence electrons. The van der Waals surface area contributed by atoms with E-state index >= 15 is 0 Å². The van der Waals surface area contributed by atoms with E-state index in [2.05, 4.69) is 58.3 Å². The van der Waals surface area contributed by atoms with E-state index in [4.69, 9.17) is 0 Å². The van der Waals surface area contributed by atoms with E-state index in [-0.39, 0.29) is 0 Å². The van der Waals surface area contributed by atoms with Gasteiger partial charge in [0, 0.05) is 21.6 Å². The molecule has 1 aromatic heterocycles. The average Bonchev–Trinajstić information content (AvgIpc) is 2.55. The number of para-hydroxylation sites is 1. The van der Waals surface area contributed by atoms with Gasteiger partial charge in [0.1, 0.15) is 0 Å². The fourth-order valence-electron chi connectivity index (χ4n) is 2.03. The predicted molar refractivity (Wildman–Crippen MR) is 68.2 cm³/mol. The van der Waals surface area contributed by atoms with Crippen molar-refractivity contribution < 1.29 is 0 Å². The lowest BCUT2D eigenvalue weighted by Gasteiger charge is -2.10. The minimum absolute atomic E-state index is 0.369. The fraction of sp³-hybridized carbons (Fsp3) is 0.333. The molecule has 0 fully saturated rings. The molecule has 0 spiro atoms. The quantitative estimate of drug-likeness (QED) is 0.856. The number of benzene rings is 1. The van der Waals surface area contributed by atoms with E-state index in [1.165, 1.54) is 22.2 Å². The van der Waals surface area contributed by atoms with E-state index in [1.807, 2.05) is 7.05 Å². The molecular formula is C12H15BrN2. The van der Waals surface area contributed by atoms with Crippen LogP contribution in [0.1, 0.15) is 24.2 Å². The Hall–Kier alpha value is -0.800. The van der Waals surface area contributed by atoms with Crippen LogP contribution in [0, 0.1) is 6.92 Å². The topological polar surface area (TPSA) is 27.8 Å². The molecule has 2 N–H and O–H groups in total. The second-order valence-electron chi connectivity index (χ2n) is 3.84. The average molecular weight is 267 g/mol. The molecule has 0 aliphatic rings. The van der Waals surface area contributed by atoms with Gasteiger partial charge in [-0.05, 0) is 48.5 Å². The first kappa shape index (κ1) is 10.7. The van der Waals surface area contributed by atoms with Crippen LogP contribution in [0.25, 0.3) is 10.9 Å². The van der Waals surface area contributed by atoms with Crippen LogP contribution in [-0.2, 0) is 0 Å². The van der Waals surface area contributed by atoms with Crippen molar-refractivity contribution in [3.63, 3.8) is 0 Å². The third-order valence-electron chi connectivity index (χ3n) is 2.89. The van der Waals surface area contributed by atoms with E-state index in [0.717, 1.165) is 4.47 Å². The van der Waals surface area contributed by atoms with Gasteiger partial charge < -0.3 is 10.3 Å². The summed E-state index contributed by atoms with van der Waals surface area (Å²) in [5.41, 5.74) is 3.78. The number of hydrogen-bond acceptors (Lipinski definition) is 1. The highest BCUT2D eigenvalue weighted by molar-refractivity contribution is 9.10. The third-order valence-corrected chi connectivity index (χ3v) is 3.55. The number of halogens is 1. The Balaban J connectivity index is 2.73. The number of fused-ring (bicyclic) bond motifs is 1. The first-order valence-corrected chi connectivity index (χ1v) is 5.88. The van der Waals surface area contributed by atoms with Crippen molar-refractivity contribution in [1.29, 1.82) is 0 Å². The van der Waals surface area contributed by atoms with E-state index in [1.54, 1.807) is 0 Å². The summed E-state index contributed by atoms with van der Waals surface area (Å²) in [6.45, 7) is 4.30. The Labute approximate surface area is 98.2 Å². The molecule has 0 aliphatic carbocycles. The molecule has 0 saturated carbocycles. The fourth-order valence-corrected chi connectivity index (χ4v) is 2.50. The van der Waals surface area contributed by atoms with Crippen molar-refractivity contribution in [2.45, 2.75) is 19.9 Å². The molecule has 0 aliphatic heterocycles. The standard InChI is InChI=1S/C12H15BrN2/c1-7(14-3)11-8(2)15-12-9(11)5-4-6-10(12)13/h4-7,14-15H,1-3H3. The Kier molecular flexibility index (Phi) is 2.85. The van der Waals surface area contributed by atoms with Crippen molar-refractivity contribution in [3.05, 3.63) is 33.9 Å². The minimum atomic E-state index is 0.369. The number of aromatic amines is 1. The normalized spacial score (nSPS) is 13.3. The number of aryl methyl sites for hydroxylation is 1. The van der Waals surface area contributed by atoms with E-state index in [0.29, 0.717) is 6.04 Å². The van der Waals surface area contributed by atoms with Crippen molar-refractivity contribution >= 4 is 26.8 Å². The molecular weight excluding hydrogens is 252 g/mol. The zero-order valence-corrected chi connectivity index (χ0v) is 10.8. The van der Waals surface area contributed by atoms with Crippen LogP contribution in [0.5, 0.6) is 0 Å². The maximum absolute atomic E-state index is 3.56. The van der Waals surface area contributed by atoms with Crippen LogP contribution >= 0.6 is 15.9 Å². The maximum Gasteiger partial charge on any atom is 0.0603 e. The summed E-state index contributed by atoms with van der Waals surface area (Å²) < 4.78 is 1.12. The highest BCUT2D eigenvalue weighted by Gasteiger charge is 2.14. The SMILES string of the molecule is CNC(C)c1c(C)[nH]c2c(Br)cccc12. The van der Waals surface area contributed by atoms with Gasteiger partial charge in [-0.1, -0.05) is 12.1 Å². The molecule has 3 heteroatoms. The lowest BCUT2D eigenvalue weighted by atomic mass is 10.0. The number of rotatable bonds is 2. The monoisotopic (exact) mass is 266 g/mol. The van der Waals surface area contributed by atoms with Gasteiger partial charge in [-0.3, -0.25) is 0 Å². The van der Waals surface area contributed by atoms with Gasteiger partial charge in [0.2, 0.25) is 0 Å². The van der Waals surface area contributed by atoms with Gasteiger partial charge in [-0.25, -0.2) is 0 Å². The summed E-state index contributed by atoms with van der Waals surface area (Å²) in [5, 5.41) is 4.58.